The molecular weight excluding hydrogens is 332 g/mol. The number of carbonyl (C=O) groups is 2. The van der Waals surface area contributed by atoms with Crippen LogP contribution in [0.1, 0.15) is 11.1 Å². The number of pyridine rings is 1. The summed E-state index contributed by atoms with van der Waals surface area (Å²) in [5.41, 5.74) is 3.74. The van der Waals surface area contributed by atoms with Gasteiger partial charge in [0.2, 0.25) is 11.8 Å². The predicted molar refractivity (Wildman–Crippen MR) is 101 cm³/mol. The summed E-state index contributed by atoms with van der Waals surface area (Å²) in [5, 5.41) is 5.46. The number of aromatic nitrogens is 1. The predicted octanol–water partition coefficient (Wildman–Crippen LogP) is 1.73. The number of nitrogens with zero attached hydrogens (tertiary/aromatic N) is 2. The van der Waals surface area contributed by atoms with Crippen LogP contribution in [0.3, 0.4) is 0 Å². The minimum Gasteiger partial charge on any atom is -0.377 e. The molecule has 0 bridgehead atoms. The van der Waals surface area contributed by atoms with Crippen LogP contribution in [-0.4, -0.2) is 44.1 Å². The molecule has 138 valence electrons. The fourth-order valence-corrected chi connectivity index (χ4v) is 2.42. The van der Waals surface area contributed by atoms with Gasteiger partial charge in [0, 0.05) is 44.4 Å². The average Bonchev–Trinajstić information content (AvgIpc) is 2.60. The Labute approximate surface area is 153 Å². The number of nitrogens with one attached hydrogen (secondary N) is 2. The first-order valence-corrected chi connectivity index (χ1v) is 8.27. The van der Waals surface area contributed by atoms with Crippen LogP contribution in [0.25, 0.3) is 0 Å². The van der Waals surface area contributed by atoms with Gasteiger partial charge in [0.05, 0.1) is 0 Å². The largest absolute Gasteiger partial charge is 0.377 e. The number of hydrogen-bond donors (Lipinski definition) is 2. The van der Waals surface area contributed by atoms with Crippen LogP contribution in [0, 0.1) is 6.92 Å². The normalized spacial score (nSPS) is 10.3. The Balaban J connectivity index is 1.70. The number of amides is 2. The molecule has 1 aromatic heterocycles. The van der Waals surface area contributed by atoms with Gasteiger partial charge in [0.25, 0.3) is 0 Å². The van der Waals surface area contributed by atoms with Crippen LogP contribution in [0.2, 0.25) is 0 Å². The van der Waals surface area contributed by atoms with Gasteiger partial charge in [-0.3, -0.25) is 14.6 Å². The maximum atomic E-state index is 11.9. The van der Waals surface area contributed by atoms with E-state index in [1.807, 2.05) is 50.2 Å². The third-order valence-electron chi connectivity index (χ3n) is 3.64. The molecule has 0 saturated carbocycles. The van der Waals surface area contributed by atoms with E-state index in [1.165, 1.54) is 0 Å². The van der Waals surface area contributed by atoms with E-state index in [0.29, 0.717) is 12.2 Å². The van der Waals surface area contributed by atoms with Gasteiger partial charge < -0.3 is 20.3 Å². The molecule has 2 aromatic rings. The van der Waals surface area contributed by atoms with E-state index in [0.717, 1.165) is 16.8 Å². The molecule has 0 radical (unpaired) electrons. The molecule has 0 saturated heterocycles. The van der Waals surface area contributed by atoms with Crippen molar-refractivity contribution in [3.63, 3.8) is 0 Å². The zero-order chi connectivity index (χ0) is 18.9. The van der Waals surface area contributed by atoms with Gasteiger partial charge in [0.15, 0.2) is 0 Å². The molecule has 2 rings (SSSR count). The number of hydrogen-bond acceptors (Lipinski definition) is 5. The summed E-state index contributed by atoms with van der Waals surface area (Å²) < 4.78 is 5.16. The van der Waals surface area contributed by atoms with Crippen LogP contribution in [0.4, 0.5) is 11.4 Å². The van der Waals surface area contributed by atoms with Crippen LogP contribution in [0.15, 0.2) is 42.7 Å². The summed E-state index contributed by atoms with van der Waals surface area (Å²) in [6.07, 6.45) is 3.35. The van der Waals surface area contributed by atoms with Gasteiger partial charge in [0.1, 0.15) is 13.2 Å². The van der Waals surface area contributed by atoms with E-state index < -0.39 is 0 Å². The number of aryl methyl sites for hydroxylation is 1. The fourth-order valence-electron chi connectivity index (χ4n) is 2.42. The van der Waals surface area contributed by atoms with Crippen molar-refractivity contribution in [2.24, 2.45) is 0 Å². The molecule has 0 aliphatic rings. The van der Waals surface area contributed by atoms with E-state index in [2.05, 4.69) is 15.6 Å². The summed E-state index contributed by atoms with van der Waals surface area (Å²) in [6, 6.07) is 9.34. The Morgan fingerprint density at radius 1 is 1.15 bits per heavy atom. The summed E-state index contributed by atoms with van der Waals surface area (Å²) in [6.45, 7) is 1.99. The van der Waals surface area contributed by atoms with Gasteiger partial charge in [-0.05, 0) is 42.3 Å². The molecule has 26 heavy (non-hydrogen) atoms. The number of benzene rings is 1. The molecule has 0 unspecified atom stereocenters. The first-order chi connectivity index (χ1) is 12.5. The number of anilines is 2. The van der Waals surface area contributed by atoms with Gasteiger partial charge in [-0.1, -0.05) is 6.07 Å². The van der Waals surface area contributed by atoms with E-state index >= 15 is 0 Å². The molecule has 0 aliphatic heterocycles. The summed E-state index contributed by atoms with van der Waals surface area (Å²) in [7, 11) is 3.93. The molecule has 0 aliphatic carbocycles. The highest BCUT2D eigenvalue weighted by Gasteiger charge is 2.08. The van der Waals surface area contributed by atoms with Crippen LogP contribution in [-0.2, 0) is 20.9 Å². The maximum Gasteiger partial charge on any atom is 0.250 e. The highest BCUT2D eigenvalue weighted by molar-refractivity contribution is 5.92. The molecule has 0 spiro atoms. The molecule has 0 atom stereocenters. The third-order valence-corrected chi connectivity index (χ3v) is 3.64. The Hall–Kier alpha value is -2.93. The Morgan fingerprint density at radius 3 is 2.58 bits per heavy atom. The molecule has 2 N–H and O–H groups in total. The SMILES string of the molecule is Cc1cc(NC(=O)COCC(=O)NCc2cccnc2)ccc1N(C)C. The number of carbonyl (C=O) groups excluding carboxylic acids is 2. The van der Waals surface area contributed by atoms with Gasteiger partial charge in [-0.25, -0.2) is 0 Å². The van der Waals surface area contributed by atoms with E-state index in [-0.39, 0.29) is 25.0 Å². The van der Waals surface area contributed by atoms with Crippen LogP contribution >= 0.6 is 0 Å². The summed E-state index contributed by atoms with van der Waals surface area (Å²) in [5.74, 6) is -0.588. The highest BCUT2D eigenvalue weighted by atomic mass is 16.5. The zero-order valence-corrected chi connectivity index (χ0v) is 15.3. The van der Waals surface area contributed by atoms with Crippen molar-refractivity contribution in [3.05, 3.63) is 53.9 Å². The minimum atomic E-state index is -0.304. The molecule has 0 fully saturated rings. The van der Waals surface area contributed by atoms with Gasteiger partial charge >= 0.3 is 0 Å². The Kier molecular flexibility index (Phi) is 7.11. The molecular formula is C19H24N4O3. The van der Waals surface area contributed by atoms with Crippen molar-refractivity contribution in [1.29, 1.82) is 0 Å². The molecule has 2 amide bonds. The van der Waals surface area contributed by atoms with Crippen molar-refractivity contribution in [2.45, 2.75) is 13.5 Å². The second-order valence-corrected chi connectivity index (χ2v) is 6.07. The summed E-state index contributed by atoms with van der Waals surface area (Å²) >= 11 is 0. The second kappa shape index (κ2) is 9.53. The smallest absolute Gasteiger partial charge is 0.250 e. The molecule has 7 heteroatoms. The summed E-state index contributed by atoms with van der Waals surface area (Å²) in [4.78, 5) is 29.6. The quantitative estimate of drug-likeness (QED) is 0.753. The van der Waals surface area contributed by atoms with Crippen molar-refractivity contribution in [2.75, 3.05) is 37.5 Å². The lowest BCUT2D eigenvalue weighted by Gasteiger charge is -2.16. The first-order valence-electron chi connectivity index (χ1n) is 8.27. The minimum absolute atomic E-state index is 0.174. The second-order valence-electron chi connectivity index (χ2n) is 6.07. The van der Waals surface area contributed by atoms with Crippen molar-refractivity contribution < 1.29 is 14.3 Å². The molecule has 7 nitrogen and oxygen atoms in total. The van der Waals surface area contributed by atoms with E-state index in [1.54, 1.807) is 18.5 Å². The van der Waals surface area contributed by atoms with Gasteiger partial charge in [-0.15, -0.1) is 0 Å². The molecule has 1 heterocycles. The Morgan fingerprint density at radius 2 is 1.92 bits per heavy atom. The van der Waals surface area contributed by atoms with Crippen LogP contribution < -0.4 is 15.5 Å². The number of ether oxygens (including phenoxy) is 1. The topological polar surface area (TPSA) is 83.6 Å². The average molecular weight is 356 g/mol. The lowest BCUT2D eigenvalue weighted by molar-refractivity contribution is -0.128. The highest BCUT2D eigenvalue weighted by Crippen LogP contribution is 2.21. The van der Waals surface area contributed by atoms with Crippen LogP contribution in [0.5, 0.6) is 0 Å². The first kappa shape index (κ1) is 19.4. The maximum absolute atomic E-state index is 11.9. The number of rotatable bonds is 8. The standard InChI is InChI=1S/C19H24N4O3/c1-14-9-16(6-7-17(14)23(2)3)22-19(25)13-26-12-18(24)21-11-15-5-4-8-20-10-15/h4-10H,11-13H2,1-3H3,(H,21,24)(H,22,25). The third kappa shape index (κ3) is 6.18. The van der Waals surface area contributed by atoms with Gasteiger partial charge in [-0.2, -0.15) is 0 Å². The Bertz CT molecular complexity index is 748. The van der Waals surface area contributed by atoms with Crippen molar-refractivity contribution in [3.8, 4) is 0 Å². The molecule has 1 aromatic carbocycles. The van der Waals surface area contributed by atoms with E-state index in [4.69, 9.17) is 4.74 Å². The van der Waals surface area contributed by atoms with Crippen molar-refractivity contribution >= 4 is 23.2 Å². The van der Waals surface area contributed by atoms with E-state index in [9.17, 15) is 9.59 Å². The lowest BCUT2D eigenvalue weighted by Crippen LogP contribution is -2.29. The lowest BCUT2D eigenvalue weighted by atomic mass is 10.1. The van der Waals surface area contributed by atoms with Crippen molar-refractivity contribution in [1.82, 2.24) is 10.3 Å². The monoisotopic (exact) mass is 356 g/mol. The fraction of sp³-hybridized carbons (Fsp3) is 0.316. The zero-order valence-electron chi connectivity index (χ0n) is 15.3.